The number of hydrogen-bond acceptors (Lipinski definition) is 3. The molecule has 0 radical (unpaired) electrons. The molecule has 0 spiro atoms. The van der Waals surface area contributed by atoms with Crippen molar-refractivity contribution in [2.75, 3.05) is 0 Å². The van der Waals surface area contributed by atoms with Crippen molar-refractivity contribution < 1.29 is 0 Å². The monoisotopic (exact) mass is 215 g/mol. The summed E-state index contributed by atoms with van der Waals surface area (Å²) in [7, 11) is 0. The molecule has 0 aliphatic carbocycles. The van der Waals surface area contributed by atoms with E-state index in [0.29, 0.717) is 0 Å². The summed E-state index contributed by atoms with van der Waals surface area (Å²) in [4.78, 5) is 8.84. The fourth-order valence-corrected chi connectivity index (χ4v) is 2.34. The van der Waals surface area contributed by atoms with E-state index in [1.807, 2.05) is 19.1 Å². The molecule has 0 atom stereocenters. The zero-order valence-corrected chi connectivity index (χ0v) is 9.03. The van der Waals surface area contributed by atoms with Crippen LogP contribution < -0.4 is 0 Å². The van der Waals surface area contributed by atoms with Gasteiger partial charge in [-0.1, -0.05) is 0 Å². The van der Waals surface area contributed by atoms with Gasteiger partial charge in [0.05, 0.1) is 5.69 Å². The molecule has 0 N–H and O–H groups in total. The van der Waals surface area contributed by atoms with Gasteiger partial charge < -0.3 is 0 Å². The van der Waals surface area contributed by atoms with E-state index in [1.165, 1.54) is 0 Å². The number of aromatic nitrogens is 3. The number of pyridine rings is 1. The first-order valence-electron chi connectivity index (χ1n) is 4.69. The molecule has 0 unspecified atom stereocenters. The largest absolute Gasteiger partial charge is 0.280 e. The van der Waals surface area contributed by atoms with E-state index in [-0.39, 0.29) is 0 Å². The van der Waals surface area contributed by atoms with Gasteiger partial charge >= 0.3 is 0 Å². The summed E-state index contributed by atoms with van der Waals surface area (Å²) in [6, 6.07) is 5.97. The molecule has 3 nitrogen and oxygen atoms in total. The zero-order valence-electron chi connectivity index (χ0n) is 8.21. The van der Waals surface area contributed by atoms with E-state index < -0.39 is 0 Å². The predicted molar refractivity (Wildman–Crippen MR) is 61.5 cm³/mol. The van der Waals surface area contributed by atoms with Crippen molar-refractivity contribution in [3.8, 4) is 5.69 Å². The maximum Gasteiger partial charge on any atom is 0.164 e. The number of fused-ring (bicyclic) bond motifs is 1. The lowest BCUT2D eigenvalue weighted by Gasteiger charge is -2.01. The van der Waals surface area contributed by atoms with Gasteiger partial charge in [0, 0.05) is 11.6 Å². The molecule has 0 aliphatic heterocycles. The van der Waals surface area contributed by atoms with Crippen molar-refractivity contribution in [3.05, 3.63) is 41.0 Å². The molecule has 0 saturated heterocycles. The molecular weight excluding hydrogens is 206 g/mol. The Bertz CT molecular complexity index is 595. The van der Waals surface area contributed by atoms with Gasteiger partial charge in [0.15, 0.2) is 5.65 Å². The van der Waals surface area contributed by atoms with E-state index in [2.05, 4.69) is 31.4 Å². The second-order valence-electron chi connectivity index (χ2n) is 3.32. The maximum absolute atomic E-state index is 4.47. The Kier molecular flexibility index (Phi) is 1.82. The van der Waals surface area contributed by atoms with Crippen LogP contribution in [0.5, 0.6) is 0 Å². The summed E-state index contributed by atoms with van der Waals surface area (Å²) in [6.45, 7) is 2.00. The van der Waals surface area contributed by atoms with Gasteiger partial charge in [-0.15, -0.1) is 0 Å². The van der Waals surface area contributed by atoms with Crippen molar-refractivity contribution >= 4 is 22.5 Å². The maximum atomic E-state index is 4.47. The second-order valence-corrected chi connectivity index (χ2v) is 4.10. The molecule has 74 valence electrons. The molecule has 0 saturated carbocycles. The molecule has 0 bridgehead atoms. The highest BCUT2D eigenvalue weighted by Gasteiger charge is 2.09. The normalized spacial score (nSPS) is 11.0. The average Bonchev–Trinajstić information content (AvgIpc) is 2.82. The van der Waals surface area contributed by atoms with Gasteiger partial charge in [0.1, 0.15) is 11.3 Å². The van der Waals surface area contributed by atoms with Crippen LogP contribution >= 0.6 is 11.3 Å². The molecule has 4 heteroatoms. The van der Waals surface area contributed by atoms with Crippen LogP contribution in [0.2, 0.25) is 0 Å². The van der Waals surface area contributed by atoms with Gasteiger partial charge in [-0.05, 0) is 30.5 Å². The highest BCUT2D eigenvalue weighted by Crippen LogP contribution is 2.20. The Hall–Kier alpha value is -1.68. The molecule has 0 fully saturated rings. The summed E-state index contributed by atoms with van der Waals surface area (Å²) in [5.41, 5.74) is 3.01. The molecule has 3 rings (SSSR count). The third kappa shape index (κ3) is 1.26. The minimum Gasteiger partial charge on any atom is -0.280 e. The van der Waals surface area contributed by atoms with E-state index >= 15 is 0 Å². The van der Waals surface area contributed by atoms with Gasteiger partial charge in [-0.2, -0.15) is 11.3 Å². The number of imidazole rings is 1. The minimum atomic E-state index is 0.924. The molecule has 3 heterocycles. The van der Waals surface area contributed by atoms with E-state index in [4.69, 9.17) is 0 Å². The third-order valence-electron chi connectivity index (χ3n) is 2.35. The summed E-state index contributed by atoms with van der Waals surface area (Å²) in [6.07, 6.45) is 1.80. The summed E-state index contributed by atoms with van der Waals surface area (Å²) in [5.74, 6) is 0.974. The van der Waals surface area contributed by atoms with Crippen LogP contribution in [-0.2, 0) is 0 Å². The Labute approximate surface area is 91.0 Å². The van der Waals surface area contributed by atoms with Crippen LogP contribution in [0.1, 0.15) is 5.82 Å². The third-order valence-corrected chi connectivity index (χ3v) is 3.02. The highest BCUT2D eigenvalue weighted by atomic mass is 32.1. The van der Waals surface area contributed by atoms with Crippen LogP contribution in [0.15, 0.2) is 35.2 Å². The fourth-order valence-electron chi connectivity index (χ4n) is 1.72. The predicted octanol–water partition coefficient (Wildman–Crippen LogP) is 2.79. The van der Waals surface area contributed by atoms with E-state index in [1.54, 1.807) is 17.5 Å². The van der Waals surface area contributed by atoms with Crippen molar-refractivity contribution in [2.24, 2.45) is 0 Å². The molecule has 15 heavy (non-hydrogen) atoms. The van der Waals surface area contributed by atoms with Crippen molar-refractivity contribution in [1.82, 2.24) is 14.5 Å². The first-order chi connectivity index (χ1) is 7.36. The van der Waals surface area contributed by atoms with Gasteiger partial charge in [0.2, 0.25) is 0 Å². The quantitative estimate of drug-likeness (QED) is 0.625. The number of hydrogen-bond donors (Lipinski definition) is 0. The van der Waals surface area contributed by atoms with Crippen molar-refractivity contribution in [3.63, 3.8) is 0 Å². The molecule has 0 aliphatic rings. The van der Waals surface area contributed by atoms with Crippen LogP contribution in [0, 0.1) is 6.92 Å². The van der Waals surface area contributed by atoms with Crippen molar-refractivity contribution in [1.29, 1.82) is 0 Å². The van der Waals surface area contributed by atoms with Crippen LogP contribution in [0.4, 0.5) is 0 Å². The summed E-state index contributed by atoms with van der Waals surface area (Å²) >= 11 is 1.68. The average molecular weight is 215 g/mol. The first kappa shape index (κ1) is 8.61. The molecule has 0 aromatic carbocycles. The number of nitrogens with zero attached hydrogens (tertiary/aromatic N) is 3. The fraction of sp³-hybridized carbons (Fsp3) is 0.0909. The number of thiophene rings is 1. The summed E-state index contributed by atoms with van der Waals surface area (Å²) < 4.78 is 2.08. The molecule has 3 aromatic rings. The Morgan fingerprint density at radius 3 is 3.07 bits per heavy atom. The second kappa shape index (κ2) is 3.17. The lowest BCUT2D eigenvalue weighted by Crippen LogP contribution is -1.95. The SMILES string of the molecule is Cc1nc2cccnc2n1-c1ccsc1. The lowest BCUT2D eigenvalue weighted by molar-refractivity contribution is 0.992. The Morgan fingerprint density at radius 1 is 1.33 bits per heavy atom. The molecular formula is C11H9N3S. The highest BCUT2D eigenvalue weighted by molar-refractivity contribution is 7.08. The standard InChI is InChI=1S/C11H9N3S/c1-8-13-10-3-2-5-12-11(10)14(8)9-4-6-15-7-9/h2-7H,1H3. The van der Waals surface area contributed by atoms with Gasteiger partial charge in [-0.3, -0.25) is 4.57 Å². The van der Waals surface area contributed by atoms with E-state index in [0.717, 1.165) is 22.7 Å². The number of aryl methyl sites for hydroxylation is 1. The van der Waals surface area contributed by atoms with Gasteiger partial charge in [0.25, 0.3) is 0 Å². The molecule has 3 aromatic heterocycles. The van der Waals surface area contributed by atoms with E-state index in [9.17, 15) is 0 Å². The smallest absolute Gasteiger partial charge is 0.164 e. The lowest BCUT2D eigenvalue weighted by atomic mass is 10.4. The summed E-state index contributed by atoms with van der Waals surface area (Å²) in [5, 5.41) is 4.16. The molecule has 0 amide bonds. The minimum absolute atomic E-state index is 0.924. The Morgan fingerprint density at radius 2 is 2.27 bits per heavy atom. The topological polar surface area (TPSA) is 30.7 Å². The van der Waals surface area contributed by atoms with Crippen LogP contribution in [0.25, 0.3) is 16.9 Å². The van der Waals surface area contributed by atoms with Crippen LogP contribution in [0.3, 0.4) is 0 Å². The Balaban J connectivity index is 2.39. The zero-order chi connectivity index (χ0) is 10.3. The van der Waals surface area contributed by atoms with Crippen molar-refractivity contribution in [2.45, 2.75) is 6.92 Å². The first-order valence-corrected chi connectivity index (χ1v) is 5.63. The van der Waals surface area contributed by atoms with Crippen LogP contribution in [-0.4, -0.2) is 14.5 Å². The van der Waals surface area contributed by atoms with Gasteiger partial charge in [-0.25, -0.2) is 9.97 Å². The number of rotatable bonds is 1.